The number of nitrogens with zero attached hydrogens (tertiary/aromatic N) is 3. The van der Waals surface area contributed by atoms with Crippen LogP contribution >= 0.6 is 0 Å². The molecule has 3 amide bonds. The monoisotopic (exact) mass is 645 g/mol. The van der Waals surface area contributed by atoms with Gasteiger partial charge in [-0.2, -0.15) is 0 Å². The molecule has 6 rings (SSSR count). The van der Waals surface area contributed by atoms with Crippen molar-refractivity contribution in [1.82, 2.24) is 4.90 Å². The molecule has 4 atom stereocenters. The van der Waals surface area contributed by atoms with Gasteiger partial charge in [0, 0.05) is 35.8 Å². The van der Waals surface area contributed by atoms with E-state index in [9.17, 15) is 19.5 Å². The Kier molecular flexibility index (Phi) is 8.75. The van der Waals surface area contributed by atoms with Crippen LogP contribution in [0.15, 0.2) is 78.9 Å². The second kappa shape index (κ2) is 12.6. The first kappa shape index (κ1) is 31.9. The lowest BCUT2D eigenvalue weighted by Crippen LogP contribution is -2.45. The molecule has 11 heteroatoms. The van der Waals surface area contributed by atoms with Gasteiger partial charge in [0.05, 0.1) is 37.9 Å². The fourth-order valence-electron chi connectivity index (χ4n) is 7.51. The summed E-state index contributed by atoms with van der Waals surface area (Å²) in [5, 5.41) is 9.75. The van der Waals surface area contributed by atoms with E-state index in [1.807, 2.05) is 85.8 Å². The quantitative estimate of drug-likeness (QED) is 0.235. The van der Waals surface area contributed by atoms with Crippen LogP contribution in [0.2, 0.25) is 18.6 Å². The number of halogens is 1. The van der Waals surface area contributed by atoms with E-state index in [1.165, 1.54) is 0 Å². The van der Waals surface area contributed by atoms with Gasteiger partial charge in [-0.3, -0.25) is 14.5 Å². The molecule has 1 N–H and O–H groups in total. The number of fused-ring (bicyclic) bond motifs is 2. The summed E-state index contributed by atoms with van der Waals surface area (Å²) in [6, 6.07) is 24.4. The molecule has 0 radical (unpaired) electrons. The summed E-state index contributed by atoms with van der Waals surface area (Å²) in [5.74, 6) is -1.09. The minimum atomic E-state index is -3.48. The summed E-state index contributed by atoms with van der Waals surface area (Å²) in [4.78, 5) is 45.4. The predicted molar refractivity (Wildman–Crippen MR) is 174 cm³/mol. The number of aliphatic hydroxyl groups is 1. The number of cyclic esters (lactones) is 1. The first-order valence-corrected chi connectivity index (χ1v) is 18.7. The van der Waals surface area contributed by atoms with Gasteiger partial charge in [-0.25, -0.2) is 4.79 Å². The van der Waals surface area contributed by atoms with Crippen molar-refractivity contribution in [2.24, 2.45) is 5.92 Å². The number of aliphatic hydroxyl groups excluding tert-OH is 1. The second-order valence-electron chi connectivity index (χ2n) is 12.8. The molecule has 3 aliphatic rings. The Morgan fingerprint density at radius 1 is 1.04 bits per heavy atom. The first-order valence-electron chi connectivity index (χ1n) is 15.8. The third kappa shape index (κ3) is 5.71. The summed E-state index contributed by atoms with van der Waals surface area (Å²) < 4.78 is 28.1. The molecule has 9 nitrogen and oxygen atoms in total. The van der Waals surface area contributed by atoms with Gasteiger partial charge in [-0.1, -0.05) is 67.6 Å². The topological polar surface area (TPSA) is 99.6 Å². The molecule has 3 heterocycles. The second-order valence-corrected chi connectivity index (χ2v) is 16.6. The van der Waals surface area contributed by atoms with Crippen molar-refractivity contribution in [1.29, 1.82) is 0 Å². The van der Waals surface area contributed by atoms with Crippen molar-refractivity contribution < 1.29 is 33.1 Å². The molecule has 2 fully saturated rings. The molecular formula is C35H40FN3O6Si. The maximum Gasteiger partial charge on any atom is 0.414 e. The fourth-order valence-corrected chi connectivity index (χ4v) is 10.0. The Hall–Kier alpha value is -4.06. The number of hydrogen-bond acceptors (Lipinski definition) is 6. The van der Waals surface area contributed by atoms with Crippen molar-refractivity contribution in [3.63, 3.8) is 0 Å². The third-order valence-electron chi connectivity index (χ3n) is 9.51. The number of rotatable bonds is 10. The third-order valence-corrected chi connectivity index (χ3v) is 12.0. The van der Waals surface area contributed by atoms with Crippen LogP contribution in [0, 0.1) is 5.92 Å². The molecule has 3 aromatic rings. The van der Waals surface area contributed by atoms with Crippen LogP contribution in [-0.2, 0) is 37.8 Å². The smallest absolute Gasteiger partial charge is 0.414 e. The molecule has 0 aromatic heterocycles. The Bertz CT molecular complexity index is 1620. The summed E-state index contributed by atoms with van der Waals surface area (Å²) >= 11 is 0. The molecular weight excluding hydrogens is 605 g/mol. The van der Waals surface area contributed by atoms with Crippen molar-refractivity contribution >= 4 is 37.7 Å². The highest BCUT2D eigenvalue weighted by Gasteiger charge is 2.67. The van der Waals surface area contributed by atoms with Crippen molar-refractivity contribution in [3.05, 3.63) is 95.6 Å². The van der Waals surface area contributed by atoms with Crippen LogP contribution < -0.4 is 9.80 Å². The van der Waals surface area contributed by atoms with Crippen molar-refractivity contribution in [2.75, 3.05) is 36.1 Å². The van der Waals surface area contributed by atoms with Crippen molar-refractivity contribution in [2.45, 2.75) is 56.8 Å². The summed E-state index contributed by atoms with van der Waals surface area (Å²) in [6.07, 6.45) is -1.33. The van der Waals surface area contributed by atoms with Crippen molar-refractivity contribution in [3.8, 4) is 0 Å². The number of benzene rings is 3. The number of para-hydroxylation sites is 1. The first-order chi connectivity index (χ1) is 22.0. The average Bonchev–Trinajstić information content (AvgIpc) is 3.66. The normalized spacial score (nSPS) is 24.1. The molecule has 46 heavy (non-hydrogen) atoms. The molecule has 0 bridgehead atoms. The lowest BCUT2D eigenvalue weighted by Gasteiger charge is -2.31. The van der Waals surface area contributed by atoms with E-state index in [0.717, 1.165) is 11.1 Å². The van der Waals surface area contributed by atoms with E-state index in [0.29, 0.717) is 36.6 Å². The summed E-state index contributed by atoms with van der Waals surface area (Å²) in [5.41, 5.74) is 1.67. The van der Waals surface area contributed by atoms with Gasteiger partial charge < -0.3 is 28.5 Å². The predicted octanol–water partition coefficient (Wildman–Crippen LogP) is 5.38. The fraction of sp³-hybridized carbons (Fsp3) is 0.400. The number of carbonyl (C=O) groups excluding carboxylic acids is 3. The molecule has 0 unspecified atom stereocenters. The van der Waals surface area contributed by atoms with Gasteiger partial charge in [0.15, 0.2) is 5.60 Å². The molecule has 0 saturated carbocycles. The Morgan fingerprint density at radius 2 is 1.76 bits per heavy atom. The Morgan fingerprint density at radius 3 is 2.46 bits per heavy atom. The van der Waals surface area contributed by atoms with Crippen LogP contribution in [0.5, 0.6) is 0 Å². The van der Waals surface area contributed by atoms with Gasteiger partial charge in [-0.05, 0) is 42.4 Å². The standard InChI is InChI=1S/C35H40FN3O6Si/c1-24-32(46(2,3)36)30(21-31(41)37(16-18-40)22-25-10-5-4-6-11-25)45-35(24)28-14-7-8-15-29(28)39(33(35)42)23-26-12-9-13-27(20-26)38-17-19-44-34(38)43/h4-15,20,24,30,32,40H,16-19,21-23H2,1-3H3/t24-,30+,32-,35+/m0/s1. The largest absolute Gasteiger partial charge is 0.447 e. The van der Waals surface area contributed by atoms with Crippen LogP contribution in [0.3, 0.4) is 0 Å². The molecule has 242 valence electrons. The van der Waals surface area contributed by atoms with E-state index in [2.05, 4.69) is 0 Å². The molecule has 0 aliphatic carbocycles. The van der Waals surface area contributed by atoms with E-state index >= 15 is 4.11 Å². The van der Waals surface area contributed by atoms with Gasteiger partial charge in [0.25, 0.3) is 5.91 Å². The van der Waals surface area contributed by atoms with Crippen LogP contribution in [-0.4, -0.2) is 68.7 Å². The van der Waals surface area contributed by atoms with E-state index in [4.69, 9.17) is 9.47 Å². The molecule has 3 aliphatic heterocycles. The molecule has 3 aromatic carbocycles. The molecule has 2 saturated heterocycles. The van der Waals surface area contributed by atoms with Gasteiger partial charge in [-0.15, -0.1) is 0 Å². The van der Waals surface area contributed by atoms with E-state index < -0.39 is 37.7 Å². The average molecular weight is 646 g/mol. The minimum absolute atomic E-state index is 0.104. The van der Waals surface area contributed by atoms with E-state index in [1.54, 1.807) is 27.8 Å². The summed E-state index contributed by atoms with van der Waals surface area (Å²) in [7, 11) is -3.48. The Labute approximate surface area is 269 Å². The summed E-state index contributed by atoms with van der Waals surface area (Å²) in [6.45, 7) is 6.31. The highest BCUT2D eigenvalue weighted by Crippen LogP contribution is 2.60. The number of hydrogen-bond donors (Lipinski definition) is 1. The van der Waals surface area contributed by atoms with E-state index in [-0.39, 0.29) is 37.9 Å². The zero-order valence-corrected chi connectivity index (χ0v) is 27.4. The number of ether oxygens (including phenoxy) is 2. The SMILES string of the molecule is C[C@H]1[C@H]([Si](C)(C)F)[C@@H](CC(=O)N(CCO)Cc2ccccc2)O[C@]12C(=O)N(Cc1cccc(N3CCOC3=O)c1)c1ccccc12. The zero-order chi connectivity index (χ0) is 32.6. The molecule has 1 spiro atoms. The lowest BCUT2D eigenvalue weighted by molar-refractivity contribution is -0.150. The zero-order valence-electron chi connectivity index (χ0n) is 26.4. The van der Waals surface area contributed by atoms with Gasteiger partial charge >= 0.3 is 6.09 Å². The lowest BCUT2D eigenvalue weighted by atomic mass is 9.82. The number of amides is 3. The van der Waals surface area contributed by atoms with Crippen LogP contribution in [0.1, 0.15) is 30.0 Å². The maximum atomic E-state index is 16.3. The minimum Gasteiger partial charge on any atom is -0.447 e. The number of anilines is 2. The highest BCUT2D eigenvalue weighted by molar-refractivity contribution is 6.72. The highest BCUT2D eigenvalue weighted by atomic mass is 28.4. The number of carbonyl (C=O) groups is 3. The van der Waals surface area contributed by atoms with Gasteiger partial charge in [0.1, 0.15) is 6.61 Å². The van der Waals surface area contributed by atoms with Crippen LogP contribution in [0.25, 0.3) is 0 Å². The maximum absolute atomic E-state index is 16.3. The Balaban J connectivity index is 1.31. The van der Waals surface area contributed by atoms with Crippen LogP contribution in [0.4, 0.5) is 20.3 Å². The van der Waals surface area contributed by atoms with Gasteiger partial charge in [0.2, 0.25) is 14.3 Å².